The van der Waals surface area contributed by atoms with E-state index in [1.165, 1.54) is 5.56 Å². The van der Waals surface area contributed by atoms with Gasteiger partial charge in [0.15, 0.2) is 0 Å². The van der Waals surface area contributed by atoms with Crippen LogP contribution in [0.4, 0.5) is 0 Å². The fraction of sp³-hybridized carbons (Fsp3) is 0.455. The van der Waals surface area contributed by atoms with E-state index >= 15 is 0 Å². The van der Waals surface area contributed by atoms with Gasteiger partial charge in [-0.05, 0) is 18.9 Å². The van der Waals surface area contributed by atoms with E-state index in [9.17, 15) is 0 Å². The molecule has 1 aromatic rings. The van der Waals surface area contributed by atoms with E-state index in [2.05, 4.69) is 31.2 Å². The lowest BCUT2D eigenvalue weighted by Crippen LogP contribution is -2.02. The number of rotatable bonds is 4. The standard InChI is InChI=1S/C11H16O/c1-3-11(12-4-2)10-8-6-5-7-9-10/h5-9,11H,3-4H2,1-2H3. The number of hydrogen-bond acceptors (Lipinski definition) is 1. The van der Waals surface area contributed by atoms with E-state index in [4.69, 9.17) is 4.74 Å². The van der Waals surface area contributed by atoms with Crippen molar-refractivity contribution >= 4 is 0 Å². The van der Waals surface area contributed by atoms with Crippen LogP contribution >= 0.6 is 0 Å². The lowest BCUT2D eigenvalue weighted by Gasteiger charge is -2.14. The lowest BCUT2D eigenvalue weighted by atomic mass is 10.1. The minimum atomic E-state index is 0.274. The molecule has 0 spiro atoms. The molecule has 0 heterocycles. The van der Waals surface area contributed by atoms with Crippen LogP contribution in [0, 0.1) is 0 Å². The first kappa shape index (κ1) is 9.27. The van der Waals surface area contributed by atoms with E-state index in [0.29, 0.717) is 0 Å². The number of benzene rings is 1. The van der Waals surface area contributed by atoms with Gasteiger partial charge in [0.1, 0.15) is 0 Å². The normalized spacial score (nSPS) is 12.8. The maximum Gasteiger partial charge on any atom is 0.0822 e. The molecule has 0 aliphatic carbocycles. The molecule has 0 saturated heterocycles. The second-order valence-electron chi connectivity index (χ2n) is 2.76. The third-order valence-corrected chi connectivity index (χ3v) is 1.91. The maximum absolute atomic E-state index is 5.58. The van der Waals surface area contributed by atoms with E-state index in [1.807, 2.05) is 13.0 Å². The van der Waals surface area contributed by atoms with Gasteiger partial charge < -0.3 is 4.74 Å². The van der Waals surface area contributed by atoms with Crippen LogP contribution in [0.5, 0.6) is 0 Å². The van der Waals surface area contributed by atoms with Crippen molar-refractivity contribution in [3.05, 3.63) is 35.9 Å². The molecule has 0 aliphatic heterocycles. The van der Waals surface area contributed by atoms with E-state index < -0.39 is 0 Å². The molecular formula is C11H16O. The SMILES string of the molecule is CCOC(CC)c1ccccc1. The van der Waals surface area contributed by atoms with Gasteiger partial charge in [-0.2, -0.15) is 0 Å². The Morgan fingerprint density at radius 3 is 2.33 bits per heavy atom. The Kier molecular flexibility index (Phi) is 3.81. The second kappa shape index (κ2) is 4.94. The Morgan fingerprint density at radius 1 is 1.17 bits per heavy atom. The molecular weight excluding hydrogens is 148 g/mol. The van der Waals surface area contributed by atoms with Crippen LogP contribution in [-0.4, -0.2) is 6.61 Å². The van der Waals surface area contributed by atoms with Gasteiger partial charge in [-0.3, -0.25) is 0 Å². The van der Waals surface area contributed by atoms with Gasteiger partial charge in [0.05, 0.1) is 6.10 Å². The van der Waals surface area contributed by atoms with E-state index in [1.54, 1.807) is 0 Å². The predicted molar refractivity (Wildman–Crippen MR) is 51.1 cm³/mol. The Morgan fingerprint density at radius 2 is 1.83 bits per heavy atom. The molecule has 0 radical (unpaired) electrons. The summed E-state index contributed by atoms with van der Waals surface area (Å²) < 4.78 is 5.58. The average molecular weight is 164 g/mol. The molecule has 1 unspecified atom stereocenters. The van der Waals surface area contributed by atoms with Crippen molar-refractivity contribution in [2.75, 3.05) is 6.61 Å². The van der Waals surface area contributed by atoms with E-state index in [0.717, 1.165) is 13.0 Å². The quantitative estimate of drug-likeness (QED) is 0.664. The minimum absolute atomic E-state index is 0.274. The highest BCUT2D eigenvalue weighted by Crippen LogP contribution is 2.19. The van der Waals surface area contributed by atoms with Gasteiger partial charge in [0.2, 0.25) is 0 Å². The average Bonchev–Trinajstić information content (AvgIpc) is 2.15. The van der Waals surface area contributed by atoms with Crippen molar-refractivity contribution in [1.29, 1.82) is 0 Å². The molecule has 1 atom stereocenters. The molecule has 0 bridgehead atoms. The molecule has 0 saturated carbocycles. The Balaban J connectivity index is 2.66. The summed E-state index contributed by atoms with van der Waals surface area (Å²) in [5.74, 6) is 0. The van der Waals surface area contributed by atoms with Crippen molar-refractivity contribution < 1.29 is 4.74 Å². The largest absolute Gasteiger partial charge is 0.374 e. The highest BCUT2D eigenvalue weighted by atomic mass is 16.5. The third-order valence-electron chi connectivity index (χ3n) is 1.91. The molecule has 0 N–H and O–H groups in total. The number of hydrogen-bond donors (Lipinski definition) is 0. The Hall–Kier alpha value is -0.820. The lowest BCUT2D eigenvalue weighted by molar-refractivity contribution is 0.0598. The zero-order chi connectivity index (χ0) is 8.81. The van der Waals surface area contributed by atoms with Gasteiger partial charge in [0.25, 0.3) is 0 Å². The molecule has 1 heteroatoms. The summed E-state index contributed by atoms with van der Waals surface area (Å²) in [5, 5.41) is 0. The summed E-state index contributed by atoms with van der Waals surface area (Å²) in [7, 11) is 0. The van der Waals surface area contributed by atoms with Crippen LogP contribution in [-0.2, 0) is 4.74 Å². The Labute approximate surface area is 74.4 Å². The van der Waals surface area contributed by atoms with Crippen LogP contribution in [0.3, 0.4) is 0 Å². The molecule has 1 nitrogen and oxygen atoms in total. The highest BCUT2D eigenvalue weighted by Gasteiger charge is 2.06. The van der Waals surface area contributed by atoms with Crippen LogP contribution in [0.1, 0.15) is 31.9 Å². The summed E-state index contributed by atoms with van der Waals surface area (Å²) in [5.41, 5.74) is 1.28. The van der Waals surface area contributed by atoms with Gasteiger partial charge in [-0.1, -0.05) is 37.3 Å². The van der Waals surface area contributed by atoms with Crippen molar-refractivity contribution in [2.24, 2.45) is 0 Å². The van der Waals surface area contributed by atoms with Crippen LogP contribution in [0.2, 0.25) is 0 Å². The maximum atomic E-state index is 5.58. The van der Waals surface area contributed by atoms with E-state index in [-0.39, 0.29) is 6.10 Å². The van der Waals surface area contributed by atoms with Crippen molar-refractivity contribution in [1.82, 2.24) is 0 Å². The second-order valence-corrected chi connectivity index (χ2v) is 2.76. The van der Waals surface area contributed by atoms with Crippen molar-refractivity contribution in [3.8, 4) is 0 Å². The monoisotopic (exact) mass is 164 g/mol. The molecule has 66 valence electrons. The van der Waals surface area contributed by atoms with Gasteiger partial charge >= 0.3 is 0 Å². The van der Waals surface area contributed by atoms with Gasteiger partial charge in [-0.15, -0.1) is 0 Å². The summed E-state index contributed by atoms with van der Waals surface area (Å²) in [6.07, 6.45) is 1.31. The zero-order valence-corrected chi connectivity index (χ0v) is 7.79. The van der Waals surface area contributed by atoms with Crippen LogP contribution in [0.25, 0.3) is 0 Å². The molecule has 0 amide bonds. The molecule has 0 fully saturated rings. The molecule has 1 rings (SSSR count). The summed E-state index contributed by atoms with van der Waals surface area (Å²) in [6.45, 7) is 4.96. The Bertz CT molecular complexity index is 206. The molecule has 1 aromatic carbocycles. The molecule has 0 aliphatic rings. The smallest absolute Gasteiger partial charge is 0.0822 e. The summed E-state index contributed by atoms with van der Waals surface area (Å²) >= 11 is 0. The molecule has 12 heavy (non-hydrogen) atoms. The minimum Gasteiger partial charge on any atom is -0.374 e. The zero-order valence-electron chi connectivity index (χ0n) is 7.79. The molecule has 0 aromatic heterocycles. The van der Waals surface area contributed by atoms with Gasteiger partial charge in [0, 0.05) is 6.61 Å². The first-order valence-electron chi connectivity index (χ1n) is 4.55. The van der Waals surface area contributed by atoms with Crippen molar-refractivity contribution in [2.45, 2.75) is 26.4 Å². The fourth-order valence-electron chi connectivity index (χ4n) is 1.32. The van der Waals surface area contributed by atoms with Crippen molar-refractivity contribution in [3.63, 3.8) is 0 Å². The number of ether oxygens (including phenoxy) is 1. The fourth-order valence-corrected chi connectivity index (χ4v) is 1.32. The third kappa shape index (κ3) is 2.35. The summed E-state index contributed by atoms with van der Waals surface area (Å²) in [6, 6.07) is 10.4. The first-order valence-corrected chi connectivity index (χ1v) is 4.55. The first-order chi connectivity index (χ1) is 5.88. The van der Waals surface area contributed by atoms with Gasteiger partial charge in [-0.25, -0.2) is 0 Å². The topological polar surface area (TPSA) is 9.23 Å². The van der Waals surface area contributed by atoms with Crippen LogP contribution < -0.4 is 0 Å². The predicted octanol–water partition coefficient (Wildman–Crippen LogP) is 3.17. The highest BCUT2D eigenvalue weighted by molar-refractivity contribution is 5.17. The summed E-state index contributed by atoms with van der Waals surface area (Å²) in [4.78, 5) is 0. The van der Waals surface area contributed by atoms with Crippen LogP contribution in [0.15, 0.2) is 30.3 Å².